The maximum absolute atomic E-state index is 5.91. The van der Waals surface area contributed by atoms with Gasteiger partial charge in [-0.3, -0.25) is 4.98 Å². The molecule has 1 N–H and O–H groups in total. The van der Waals surface area contributed by atoms with Crippen LogP contribution in [0.25, 0.3) is 5.69 Å². The molecule has 154 valence electrons. The predicted octanol–water partition coefficient (Wildman–Crippen LogP) is 5.49. The molecule has 1 saturated heterocycles. The summed E-state index contributed by atoms with van der Waals surface area (Å²) in [6.07, 6.45) is 10.4. The number of thiocarbonyl (C=S) groups is 1. The fraction of sp³-hybridized carbons (Fsp3) is 0.360. The molecule has 4 nitrogen and oxygen atoms in total. The van der Waals surface area contributed by atoms with Gasteiger partial charge in [0.15, 0.2) is 5.11 Å². The van der Waals surface area contributed by atoms with Gasteiger partial charge in [0, 0.05) is 29.8 Å². The van der Waals surface area contributed by atoms with E-state index in [2.05, 4.69) is 76.4 Å². The second-order valence-corrected chi connectivity index (χ2v) is 8.80. The molecule has 30 heavy (non-hydrogen) atoms. The molecule has 5 heteroatoms. The first-order chi connectivity index (χ1) is 14.7. The minimum Gasteiger partial charge on any atom is -0.352 e. The van der Waals surface area contributed by atoms with E-state index in [0.29, 0.717) is 6.04 Å². The number of hydrogen-bond acceptors (Lipinski definition) is 2. The molecule has 2 aliphatic rings. The van der Waals surface area contributed by atoms with Crippen LogP contribution in [0.1, 0.15) is 61.1 Å². The molecule has 1 saturated carbocycles. The molecule has 0 spiro atoms. The van der Waals surface area contributed by atoms with E-state index in [1.54, 1.807) is 0 Å². The van der Waals surface area contributed by atoms with Crippen molar-refractivity contribution in [3.8, 4) is 5.69 Å². The van der Waals surface area contributed by atoms with Crippen molar-refractivity contribution < 1.29 is 0 Å². The van der Waals surface area contributed by atoms with Crippen LogP contribution in [0.4, 0.5) is 0 Å². The topological polar surface area (TPSA) is 33.1 Å². The number of aromatic nitrogens is 2. The van der Waals surface area contributed by atoms with Gasteiger partial charge in [0.05, 0.1) is 17.8 Å². The number of nitrogens with one attached hydrogen (secondary N) is 1. The summed E-state index contributed by atoms with van der Waals surface area (Å²) in [7, 11) is 0. The summed E-state index contributed by atoms with van der Waals surface area (Å²) in [6, 6.07) is 19.8. The minimum atomic E-state index is 0.0401. The van der Waals surface area contributed by atoms with Gasteiger partial charge in [0.1, 0.15) is 0 Å². The van der Waals surface area contributed by atoms with Crippen LogP contribution in [0.2, 0.25) is 0 Å². The average Bonchev–Trinajstić information content (AvgIpc) is 3.39. The van der Waals surface area contributed by atoms with Crippen molar-refractivity contribution in [2.75, 3.05) is 0 Å². The van der Waals surface area contributed by atoms with Crippen LogP contribution in [0, 0.1) is 6.92 Å². The van der Waals surface area contributed by atoms with Crippen LogP contribution in [0.15, 0.2) is 67.0 Å². The average molecular weight is 417 g/mol. The second-order valence-electron chi connectivity index (χ2n) is 8.42. The number of para-hydroxylation sites is 1. The Labute approximate surface area is 183 Å². The van der Waals surface area contributed by atoms with Gasteiger partial charge in [-0.15, -0.1) is 0 Å². The highest BCUT2D eigenvalue weighted by Crippen LogP contribution is 2.43. The first-order valence-corrected chi connectivity index (χ1v) is 11.4. The van der Waals surface area contributed by atoms with Crippen molar-refractivity contribution in [3.05, 3.63) is 83.9 Å². The standard InChI is InChI=1S/C25H28N4S/c1-18-10-5-6-14-21(18)28-17-9-15-22(28)24-23(20-13-7-8-16-26-20)27-25(30)29(24)19-11-3-2-4-12-19/h5-10,13-17,19,23-24H,2-4,11-12H2,1H3,(H,27,30)/t23-,24-/m0/s1. The van der Waals surface area contributed by atoms with Crippen LogP contribution in [-0.4, -0.2) is 25.6 Å². The molecule has 2 atom stereocenters. The van der Waals surface area contributed by atoms with Crippen molar-refractivity contribution in [2.45, 2.75) is 57.2 Å². The lowest BCUT2D eigenvalue weighted by Crippen LogP contribution is -2.40. The molecular formula is C25H28N4S. The number of benzene rings is 1. The summed E-state index contributed by atoms with van der Waals surface area (Å²) >= 11 is 5.91. The van der Waals surface area contributed by atoms with E-state index in [9.17, 15) is 0 Å². The third kappa shape index (κ3) is 3.41. The quantitative estimate of drug-likeness (QED) is 0.571. The van der Waals surface area contributed by atoms with E-state index in [0.717, 1.165) is 10.8 Å². The second kappa shape index (κ2) is 8.23. The van der Waals surface area contributed by atoms with Gasteiger partial charge in [0.25, 0.3) is 0 Å². The zero-order valence-electron chi connectivity index (χ0n) is 17.4. The van der Waals surface area contributed by atoms with Gasteiger partial charge in [0.2, 0.25) is 0 Å². The summed E-state index contributed by atoms with van der Waals surface area (Å²) in [6.45, 7) is 2.17. The van der Waals surface area contributed by atoms with Crippen LogP contribution >= 0.6 is 12.2 Å². The molecule has 1 aliphatic carbocycles. The van der Waals surface area contributed by atoms with E-state index in [4.69, 9.17) is 17.2 Å². The Kier molecular flexibility index (Phi) is 5.30. The van der Waals surface area contributed by atoms with E-state index >= 15 is 0 Å². The number of hydrogen-bond donors (Lipinski definition) is 1. The Morgan fingerprint density at radius 3 is 2.53 bits per heavy atom. The highest BCUT2D eigenvalue weighted by atomic mass is 32.1. The van der Waals surface area contributed by atoms with Gasteiger partial charge in [-0.1, -0.05) is 43.5 Å². The zero-order chi connectivity index (χ0) is 20.5. The van der Waals surface area contributed by atoms with Gasteiger partial charge in [-0.05, 0) is 67.9 Å². The summed E-state index contributed by atoms with van der Waals surface area (Å²) in [5.41, 5.74) is 4.79. The molecule has 2 fully saturated rings. The molecule has 3 heterocycles. The molecule has 5 rings (SSSR count). The molecule has 1 aliphatic heterocycles. The number of rotatable bonds is 4. The first-order valence-electron chi connectivity index (χ1n) is 11.0. The molecule has 0 bridgehead atoms. The zero-order valence-corrected chi connectivity index (χ0v) is 18.2. The smallest absolute Gasteiger partial charge is 0.170 e. The summed E-state index contributed by atoms with van der Waals surface area (Å²) in [5.74, 6) is 0. The van der Waals surface area contributed by atoms with Crippen molar-refractivity contribution in [1.29, 1.82) is 0 Å². The lowest BCUT2D eigenvalue weighted by Gasteiger charge is -2.37. The Morgan fingerprint density at radius 1 is 0.967 bits per heavy atom. The Bertz CT molecular complexity index is 1020. The van der Waals surface area contributed by atoms with Crippen LogP contribution < -0.4 is 5.32 Å². The number of aryl methyl sites for hydroxylation is 1. The third-order valence-corrected chi connectivity index (χ3v) is 6.89. The molecule has 3 aromatic rings. The van der Waals surface area contributed by atoms with Crippen molar-refractivity contribution in [1.82, 2.24) is 19.8 Å². The van der Waals surface area contributed by atoms with Crippen molar-refractivity contribution in [3.63, 3.8) is 0 Å². The fourth-order valence-corrected chi connectivity index (χ4v) is 5.51. The normalized spacial score (nSPS) is 22.3. The predicted molar refractivity (Wildman–Crippen MR) is 125 cm³/mol. The highest BCUT2D eigenvalue weighted by molar-refractivity contribution is 7.80. The third-order valence-electron chi connectivity index (χ3n) is 6.56. The number of nitrogens with zero attached hydrogens (tertiary/aromatic N) is 3. The summed E-state index contributed by atoms with van der Waals surface area (Å²) < 4.78 is 2.33. The largest absolute Gasteiger partial charge is 0.352 e. The minimum absolute atomic E-state index is 0.0401. The van der Waals surface area contributed by atoms with Crippen LogP contribution in [-0.2, 0) is 0 Å². The van der Waals surface area contributed by atoms with Gasteiger partial charge >= 0.3 is 0 Å². The highest BCUT2D eigenvalue weighted by Gasteiger charge is 2.44. The van der Waals surface area contributed by atoms with Crippen molar-refractivity contribution in [2.24, 2.45) is 0 Å². The maximum atomic E-state index is 5.91. The molecule has 0 amide bonds. The molecule has 0 unspecified atom stereocenters. The molecule has 2 aromatic heterocycles. The SMILES string of the molecule is Cc1ccccc1-n1cccc1[C@H]1[C@H](c2ccccn2)NC(=S)N1C1CCCCC1. The van der Waals surface area contributed by atoms with E-state index < -0.39 is 0 Å². The van der Waals surface area contributed by atoms with Crippen molar-refractivity contribution >= 4 is 17.3 Å². The van der Waals surface area contributed by atoms with E-state index in [-0.39, 0.29) is 12.1 Å². The van der Waals surface area contributed by atoms with E-state index in [1.165, 1.54) is 49.0 Å². The monoisotopic (exact) mass is 416 g/mol. The fourth-order valence-electron chi connectivity index (χ4n) is 5.12. The molecule has 0 radical (unpaired) electrons. The lowest BCUT2D eigenvalue weighted by atomic mass is 9.91. The van der Waals surface area contributed by atoms with Crippen LogP contribution in [0.3, 0.4) is 0 Å². The van der Waals surface area contributed by atoms with Crippen LogP contribution in [0.5, 0.6) is 0 Å². The lowest BCUT2D eigenvalue weighted by molar-refractivity contribution is 0.193. The van der Waals surface area contributed by atoms with Gasteiger partial charge < -0.3 is 14.8 Å². The van der Waals surface area contributed by atoms with E-state index in [1.807, 2.05) is 12.3 Å². The van der Waals surface area contributed by atoms with Gasteiger partial charge in [-0.2, -0.15) is 0 Å². The molecule has 1 aromatic carbocycles. The number of pyridine rings is 1. The first kappa shape index (κ1) is 19.3. The molecular weight excluding hydrogens is 388 g/mol. The Balaban J connectivity index is 1.62. The Hall–Kier alpha value is -2.66. The van der Waals surface area contributed by atoms with Gasteiger partial charge in [-0.25, -0.2) is 0 Å². The summed E-state index contributed by atoms with van der Waals surface area (Å²) in [4.78, 5) is 7.18. The maximum Gasteiger partial charge on any atom is 0.170 e. The Morgan fingerprint density at radius 2 is 1.77 bits per heavy atom. The summed E-state index contributed by atoms with van der Waals surface area (Å²) in [5, 5.41) is 4.49.